The number of nitrogens with zero attached hydrogens (tertiary/aromatic N) is 4. The summed E-state index contributed by atoms with van der Waals surface area (Å²) in [5, 5.41) is 22.7. The van der Waals surface area contributed by atoms with Gasteiger partial charge in [-0.1, -0.05) is 48.5 Å². The van der Waals surface area contributed by atoms with Crippen LogP contribution < -0.4 is 15.5 Å². The van der Waals surface area contributed by atoms with Crippen LogP contribution in [0.15, 0.2) is 88.2 Å². The maximum Gasteiger partial charge on any atom is 0.275 e. The van der Waals surface area contributed by atoms with E-state index in [1.807, 2.05) is 48.5 Å². The van der Waals surface area contributed by atoms with E-state index in [0.29, 0.717) is 18.9 Å². The molecule has 194 valence electrons. The molecule has 38 heavy (non-hydrogen) atoms. The van der Waals surface area contributed by atoms with Crippen molar-refractivity contribution >= 4 is 23.4 Å². The van der Waals surface area contributed by atoms with Crippen molar-refractivity contribution in [2.75, 3.05) is 20.6 Å². The molecule has 0 bridgehead atoms. The van der Waals surface area contributed by atoms with Gasteiger partial charge in [-0.25, -0.2) is 5.48 Å². The second-order valence-corrected chi connectivity index (χ2v) is 8.43. The Balaban J connectivity index is 1.36. The number of hydrogen-bond donors (Lipinski definition) is 3. The van der Waals surface area contributed by atoms with Gasteiger partial charge in [0.2, 0.25) is 0 Å². The van der Waals surface area contributed by atoms with Gasteiger partial charge in [0.15, 0.2) is 6.04 Å². The van der Waals surface area contributed by atoms with Crippen molar-refractivity contribution in [3.05, 3.63) is 89.5 Å². The summed E-state index contributed by atoms with van der Waals surface area (Å²) in [7, 11) is 2.65. The van der Waals surface area contributed by atoms with Crippen LogP contribution in [0.2, 0.25) is 0 Å². The van der Waals surface area contributed by atoms with E-state index in [-0.39, 0.29) is 5.56 Å². The molecule has 3 aromatic carbocycles. The average Bonchev–Trinajstić information content (AvgIpc) is 3.51. The molecule has 0 radical (unpaired) electrons. The molecule has 0 saturated carbocycles. The third-order valence-corrected chi connectivity index (χ3v) is 6.02. The van der Waals surface area contributed by atoms with Crippen LogP contribution in [0.5, 0.6) is 5.75 Å². The molecule has 0 aliphatic carbocycles. The fraction of sp³-hybridized carbons (Fsp3) is 0.185. The number of hydroxylamine groups is 1. The molecule has 3 amide bonds. The number of rotatable bonds is 9. The fourth-order valence-corrected chi connectivity index (χ4v) is 3.86. The summed E-state index contributed by atoms with van der Waals surface area (Å²) in [4.78, 5) is 37.8. The second-order valence-electron chi connectivity index (χ2n) is 8.43. The first kappa shape index (κ1) is 26.2. The minimum atomic E-state index is -1.52. The van der Waals surface area contributed by atoms with Crippen LogP contribution >= 0.6 is 0 Å². The zero-order valence-electron chi connectivity index (χ0n) is 20.8. The number of ether oxygens (including phenoxy) is 1. The number of amides is 3. The van der Waals surface area contributed by atoms with Gasteiger partial charge in [-0.05, 0) is 51.7 Å². The highest BCUT2D eigenvalue weighted by Gasteiger charge is 2.33. The van der Waals surface area contributed by atoms with E-state index in [0.717, 1.165) is 32.9 Å². The molecule has 4 rings (SSSR count). The monoisotopic (exact) mass is 514 g/mol. The van der Waals surface area contributed by atoms with Gasteiger partial charge < -0.3 is 15.0 Å². The molecule has 0 saturated heterocycles. The van der Waals surface area contributed by atoms with Crippen molar-refractivity contribution in [3.63, 3.8) is 0 Å². The maximum atomic E-state index is 12.8. The van der Waals surface area contributed by atoms with E-state index >= 15 is 0 Å². The number of carbonyl (C=O) groups is 3. The predicted molar refractivity (Wildman–Crippen MR) is 139 cm³/mol. The third-order valence-electron chi connectivity index (χ3n) is 6.02. The first-order valence-corrected chi connectivity index (χ1v) is 11.7. The summed E-state index contributed by atoms with van der Waals surface area (Å²) in [6, 6.07) is 20.7. The van der Waals surface area contributed by atoms with E-state index in [4.69, 9.17) is 9.94 Å². The quantitative estimate of drug-likeness (QED) is 0.228. The van der Waals surface area contributed by atoms with Crippen molar-refractivity contribution < 1.29 is 24.3 Å². The lowest BCUT2D eigenvalue weighted by molar-refractivity contribution is -0.140. The van der Waals surface area contributed by atoms with Crippen molar-refractivity contribution in [3.8, 4) is 16.9 Å². The standard InChI is InChI=1S/C27H26N6O5/c1-28-25(34)24(26(35)31-37)33(2)27(36)21-9-7-18(8-10-21)19-11-13-22(14-12-19)38-16-17-3-5-20(6-4-17)23-15-29-32-30-23/h3-14,24,37H,15-16H2,1-2H3,(H,28,34)(H,31,35). The summed E-state index contributed by atoms with van der Waals surface area (Å²) in [6.07, 6.45) is 0. The first-order valence-electron chi connectivity index (χ1n) is 11.7. The number of hydrogen-bond acceptors (Lipinski definition) is 8. The maximum absolute atomic E-state index is 12.8. The molecule has 1 aliphatic rings. The largest absolute Gasteiger partial charge is 0.489 e. The minimum absolute atomic E-state index is 0.283. The zero-order valence-corrected chi connectivity index (χ0v) is 20.8. The molecule has 0 fully saturated rings. The van der Waals surface area contributed by atoms with Crippen LogP contribution in [0.25, 0.3) is 11.1 Å². The Morgan fingerprint density at radius 2 is 1.53 bits per heavy atom. The Morgan fingerprint density at radius 1 is 0.921 bits per heavy atom. The normalized spacial score (nSPS) is 12.9. The summed E-state index contributed by atoms with van der Waals surface area (Å²) in [5.74, 6) is -1.57. The average molecular weight is 515 g/mol. The van der Waals surface area contributed by atoms with Gasteiger partial charge in [-0.2, -0.15) is 5.11 Å². The lowest BCUT2D eigenvalue weighted by Crippen LogP contribution is -2.54. The summed E-state index contributed by atoms with van der Waals surface area (Å²) in [5.41, 5.74) is 6.35. The van der Waals surface area contributed by atoms with Gasteiger partial charge in [0.05, 0.1) is 5.71 Å². The second kappa shape index (κ2) is 11.9. The highest BCUT2D eigenvalue weighted by Crippen LogP contribution is 2.24. The van der Waals surface area contributed by atoms with Crippen molar-refractivity contribution in [1.29, 1.82) is 0 Å². The van der Waals surface area contributed by atoms with Crippen LogP contribution in [0.4, 0.5) is 0 Å². The number of benzene rings is 3. The molecule has 11 heteroatoms. The van der Waals surface area contributed by atoms with Gasteiger partial charge in [0.1, 0.15) is 18.9 Å². The molecular weight excluding hydrogens is 488 g/mol. The Labute approximate surface area is 218 Å². The number of likely N-dealkylation sites (N-methyl/N-ethyl adjacent to an activating group) is 2. The smallest absolute Gasteiger partial charge is 0.275 e. The van der Waals surface area contributed by atoms with E-state index in [1.54, 1.807) is 24.3 Å². The Kier molecular flexibility index (Phi) is 8.19. The third kappa shape index (κ3) is 5.90. The molecule has 3 N–H and O–H groups in total. The number of nitrogens with one attached hydrogen (secondary N) is 2. The van der Waals surface area contributed by atoms with Crippen molar-refractivity contribution in [2.24, 2.45) is 15.4 Å². The molecule has 3 aromatic rings. The molecule has 0 aromatic heterocycles. The Hall–Kier alpha value is -4.90. The highest BCUT2D eigenvalue weighted by molar-refractivity contribution is 6.08. The molecule has 0 spiro atoms. The highest BCUT2D eigenvalue weighted by atomic mass is 16.5. The fourth-order valence-electron chi connectivity index (χ4n) is 3.86. The van der Waals surface area contributed by atoms with Gasteiger partial charge in [-0.3, -0.25) is 19.6 Å². The minimum Gasteiger partial charge on any atom is -0.489 e. The summed E-state index contributed by atoms with van der Waals surface area (Å²) >= 11 is 0. The SMILES string of the molecule is CNC(=O)C(C(=O)NO)N(C)C(=O)c1ccc(-c2ccc(OCc3ccc(C4=NN=NC4)cc3)cc2)cc1. The van der Waals surface area contributed by atoms with Gasteiger partial charge in [-0.15, -0.1) is 5.10 Å². The first-order chi connectivity index (χ1) is 18.4. The Bertz CT molecular complexity index is 1350. The van der Waals surface area contributed by atoms with E-state index in [2.05, 4.69) is 20.8 Å². The van der Waals surface area contributed by atoms with Crippen LogP contribution in [0, 0.1) is 0 Å². The lowest BCUT2D eigenvalue weighted by atomic mass is 10.0. The molecule has 1 heterocycles. The van der Waals surface area contributed by atoms with Crippen LogP contribution in [-0.4, -0.2) is 60.2 Å². The molecule has 1 aliphatic heterocycles. The van der Waals surface area contributed by atoms with Gasteiger partial charge in [0.25, 0.3) is 17.7 Å². The molecule has 1 atom stereocenters. The van der Waals surface area contributed by atoms with Gasteiger partial charge in [0, 0.05) is 19.7 Å². The summed E-state index contributed by atoms with van der Waals surface area (Å²) in [6.45, 7) is 0.913. The van der Waals surface area contributed by atoms with Crippen LogP contribution in [0.3, 0.4) is 0 Å². The zero-order chi connectivity index (χ0) is 27.1. The molecular formula is C27H26N6O5. The molecule has 1 unspecified atom stereocenters. The predicted octanol–water partition coefficient (Wildman–Crippen LogP) is 2.79. The lowest BCUT2D eigenvalue weighted by Gasteiger charge is -2.25. The van der Waals surface area contributed by atoms with E-state index in [9.17, 15) is 14.4 Å². The van der Waals surface area contributed by atoms with E-state index < -0.39 is 23.8 Å². The Morgan fingerprint density at radius 3 is 2.08 bits per heavy atom. The topological polar surface area (TPSA) is 145 Å². The number of carbonyl (C=O) groups excluding carboxylic acids is 3. The van der Waals surface area contributed by atoms with Gasteiger partial charge >= 0.3 is 0 Å². The van der Waals surface area contributed by atoms with Crippen molar-refractivity contribution in [2.45, 2.75) is 12.6 Å². The van der Waals surface area contributed by atoms with E-state index in [1.165, 1.54) is 19.6 Å². The van der Waals surface area contributed by atoms with Crippen molar-refractivity contribution in [1.82, 2.24) is 15.7 Å². The summed E-state index contributed by atoms with van der Waals surface area (Å²) < 4.78 is 5.90. The van der Waals surface area contributed by atoms with Crippen LogP contribution in [-0.2, 0) is 16.2 Å². The molecule has 11 nitrogen and oxygen atoms in total. The van der Waals surface area contributed by atoms with Crippen LogP contribution in [0.1, 0.15) is 21.5 Å².